The smallest absolute Gasteiger partial charge is 0.243 e. The normalized spacial score (nSPS) is 12.4. The molecule has 0 saturated heterocycles. The summed E-state index contributed by atoms with van der Waals surface area (Å²) in [5, 5.41) is 6.65. The van der Waals surface area contributed by atoms with Gasteiger partial charge in [-0.15, -0.1) is 0 Å². The summed E-state index contributed by atoms with van der Waals surface area (Å²) in [5.41, 5.74) is 0.885. The first-order chi connectivity index (χ1) is 14.8. The number of ether oxygens (including phenoxy) is 1. The highest BCUT2D eigenvalue weighted by Gasteiger charge is 2.21. The van der Waals surface area contributed by atoms with Crippen molar-refractivity contribution < 1.29 is 22.3 Å². The largest absolute Gasteiger partial charge is 0.494 e. The minimum Gasteiger partial charge on any atom is -0.494 e. The summed E-state index contributed by atoms with van der Waals surface area (Å²) < 4.78 is 48.3. The second kappa shape index (κ2) is 9.71. The zero-order chi connectivity index (χ0) is 22.4. The predicted octanol–water partition coefficient (Wildman–Crippen LogP) is 1.95. The molecular formula is C21H23FN4O4S. The van der Waals surface area contributed by atoms with Crippen LogP contribution >= 0.6 is 0 Å². The maximum absolute atomic E-state index is 14.4. The van der Waals surface area contributed by atoms with Crippen LogP contribution in [-0.2, 0) is 28.3 Å². The van der Waals surface area contributed by atoms with Crippen molar-refractivity contribution in [2.24, 2.45) is 7.05 Å². The van der Waals surface area contributed by atoms with Gasteiger partial charge in [0.25, 0.3) is 0 Å². The molecule has 0 aliphatic heterocycles. The molecule has 3 rings (SSSR count). The highest BCUT2D eigenvalue weighted by molar-refractivity contribution is 7.89. The summed E-state index contributed by atoms with van der Waals surface area (Å²) in [4.78, 5) is 12.7. The monoisotopic (exact) mass is 446 g/mol. The van der Waals surface area contributed by atoms with Gasteiger partial charge in [-0.05, 0) is 11.6 Å². The Hall–Kier alpha value is -3.24. The van der Waals surface area contributed by atoms with E-state index in [2.05, 4.69) is 15.1 Å². The average molecular weight is 447 g/mol. The molecule has 31 heavy (non-hydrogen) atoms. The molecule has 1 heterocycles. The quantitative estimate of drug-likeness (QED) is 0.523. The van der Waals surface area contributed by atoms with Crippen molar-refractivity contribution in [3.05, 3.63) is 77.9 Å². The van der Waals surface area contributed by atoms with E-state index in [1.807, 2.05) is 6.07 Å². The Balaban J connectivity index is 1.75. The third-order valence-electron chi connectivity index (χ3n) is 4.62. The van der Waals surface area contributed by atoms with Crippen LogP contribution in [-0.4, -0.2) is 37.8 Å². The van der Waals surface area contributed by atoms with E-state index in [1.165, 1.54) is 36.3 Å². The molecule has 2 N–H and O–H groups in total. The van der Waals surface area contributed by atoms with Crippen LogP contribution in [0.2, 0.25) is 0 Å². The molecular weight excluding hydrogens is 423 g/mol. The lowest BCUT2D eigenvalue weighted by Crippen LogP contribution is -2.38. The molecule has 3 aromatic rings. The van der Waals surface area contributed by atoms with Crippen molar-refractivity contribution in [1.82, 2.24) is 19.8 Å². The Kier molecular flexibility index (Phi) is 7.03. The van der Waals surface area contributed by atoms with Crippen LogP contribution in [0.15, 0.2) is 65.8 Å². The molecule has 10 heteroatoms. The van der Waals surface area contributed by atoms with Gasteiger partial charge < -0.3 is 10.1 Å². The van der Waals surface area contributed by atoms with Crippen molar-refractivity contribution in [3.8, 4) is 5.75 Å². The van der Waals surface area contributed by atoms with E-state index in [9.17, 15) is 17.6 Å². The maximum Gasteiger partial charge on any atom is 0.243 e. The van der Waals surface area contributed by atoms with E-state index in [-0.39, 0.29) is 29.2 Å². The molecule has 0 fully saturated rings. The van der Waals surface area contributed by atoms with Crippen LogP contribution in [0, 0.1) is 5.82 Å². The molecule has 1 atom stereocenters. The standard InChI is InChI=1S/C21H23FN4O4S/c1-26-14-17(12-23-26)31(28,29)24-13-18(15-7-4-3-5-8-15)25-20(27)11-16-9-6-10-19(30-2)21(16)22/h3-10,12,14,18,24H,11,13H2,1-2H3,(H,25,27). The molecule has 1 unspecified atom stereocenters. The number of methoxy groups -OCH3 is 1. The van der Waals surface area contributed by atoms with E-state index >= 15 is 0 Å². The minimum atomic E-state index is -3.81. The zero-order valence-electron chi connectivity index (χ0n) is 17.1. The highest BCUT2D eigenvalue weighted by Crippen LogP contribution is 2.21. The average Bonchev–Trinajstić information content (AvgIpc) is 3.20. The van der Waals surface area contributed by atoms with Crippen LogP contribution in [0.25, 0.3) is 0 Å². The lowest BCUT2D eigenvalue weighted by Gasteiger charge is -2.20. The number of amides is 1. The molecule has 0 saturated carbocycles. The lowest BCUT2D eigenvalue weighted by molar-refractivity contribution is -0.121. The zero-order valence-corrected chi connectivity index (χ0v) is 17.9. The number of nitrogens with one attached hydrogen (secondary N) is 2. The summed E-state index contributed by atoms with van der Waals surface area (Å²) in [6, 6.07) is 12.8. The van der Waals surface area contributed by atoms with Gasteiger partial charge in [0, 0.05) is 25.4 Å². The summed E-state index contributed by atoms with van der Waals surface area (Å²) in [6.07, 6.45) is 2.40. The van der Waals surface area contributed by atoms with E-state index in [0.29, 0.717) is 5.56 Å². The van der Waals surface area contributed by atoms with E-state index in [0.717, 1.165) is 0 Å². The number of carbonyl (C=O) groups is 1. The van der Waals surface area contributed by atoms with Gasteiger partial charge in [-0.1, -0.05) is 42.5 Å². The lowest BCUT2D eigenvalue weighted by atomic mass is 10.1. The highest BCUT2D eigenvalue weighted by atomic mass is 32.2. The Bertz CT molecular complexity index is 1150. The molecule has 0 spiro atoms. The van der Waals surface area contributed by atoms with Gasteiger partial charge in [-0.2, -0.15) is 5.10 Å². The summed E-state index contributed by atoms with van der Waals surface area (Å²) in [6.45, 7) is -0.0897. The van der Waals surface area contributed by atoms with Crippen LogP contribution in [0.5, 0.6) is 5.75 Å². The number of benzene rings is 2. The van der Waals surface area contributed by atoms with Gasteiger partial charge in [0.15, 0.2) is 11.6 Å². The summed E-state index contributed by atoms with van der Waals surface area (Å²) in [7, 11) is -0.850. The number of hydrogen-bond acceptors (Lipinski definition) is 5. The van der Waals surface area contributed by atoms with Crippen LogP contribution < -0.4 is 14.8 Å². The van der Waals surface area contributed by atoms with Gasteiger partial charge in [0.2, 0.25) is 15.9 Å². The van der Waals surface area contributed by atoms with Gasteiger partial charge >= 0.3 is 0 Å². The van der Waals surface area contributed by atoms with Crippen LogP contribution in [0.1, 0.15) is 17.2 Å². The minimum absolute atomic E-state index is 0.0200. The van der Waals surface area contributed by atoms with Crippen molar-refractivity contribution in [3.63, 3.8) is 0 Å². The van der Waals surface area contributed by atoms with Crippen molar-refractivity contribution in [1.29, 1.82) is 0 Å². The number of halogens is 1. The first kappa shape index (κ1) is 22.4. The number of sulfonamides is 1. The Morgan fingerprint density at radius 2 is 1.94 bits per heavy atom. The Morgan fingerprint density at radius 1 is 1.19 bits per heavy atom. The Morgan fingerprint density at radius 3 is 2.58 bits per heavy atom. The SMILES string of the molecule is COc1cccc(CC(=O)NC(CNS(=O)(=O)c2cnn(C)c2)c2ccccc2)c1F. The third-order valence-corrected chi connectivity index (χ3v) is 6.00. The summed E-state index contributed by atoms with van der Waals surface area (Å²) in [5.74, 6) is -1.01. The molecule has 1 amide bonds. The number of nitrogens with zero attached hydrogens (tertiary/aromatic N) is 2. The van der Waals surface area contributed by atoms with Crippen LogP contribution in [0.4, 0.5) is 4.39 Å². The molecule has 0 aliphatic carbocycles. The maximum atomic E-state index is 14.4. The number of rotatable bonds is 9. The molecule has 8 nitrogen and oxygen atoms in total. The topological polar surface area (TPSA) is 102 Å². The summed E-state index contributed by atoms with van der Waals surface area (Å²) >= 11 is 0. The third kappa shape index (κ3) is 5.68. The van der Waals surface area contributed by atoms with Gasteiger partial charge in [-0.25, -0.2) is 17.5 Å². The molecule has 0 radical (unpaired) electrons. The number of aryl methyl sites for hydroxylation is 1. The fourth-order valence-electron chi connectivity index (χ4n) is 3.02. The van der Waals surface area contributed by atoms with Crippen molar-refractivity contribution in [2.45, 2.75) is 17.4 Å². The number of carbonyl (C=O) groups excluding carboxylic acids is 1. The molecule has 164 valence electrons. The molecule has 1 aromatic heterocycles. The van der Waals surface area contributed by atoms with Gasteiger partial charge in [0.1, 0.15) is 4.90 Å². The fraction of sp³-hybridized carbons (Fsp3) is 0.238. The molecule has 0 aliphatic rings. The molecule has 2 aromatic carbocycles. The van der Waals surface area contributed by atoms with E-state index < -0.39 is 27.8 Å². The second-order valence-corrected chi connectivity index (χ2v) is 8.61. The first-order valence-corrected chi connectivity index (χ1v) is 10.9. The second-order valence-electron chi connectivity index (χ2n) is 6.84. The first-order valence-electron chi connectivity index (χ1n) is 9.44. The van der Waals surface area contributed by atoms with Gasteiger partial charge in [0.05, 0.1) is 25.8 Å². The van der Waals surface area contributed by atoms with Gasteiger partial charge in [-0.3, -0.25) is 9.48 Å². The fourth-order valence-corrected chi connectivity index (χ4v) is 4.05. The number of aromatic nitrogens is 2. The predicted molar refractivity (Wildman–Crippen MR) is 112 cm³/mol. The van der Waals surface area contributed by atoms with E-state index in [4.69, 9.17) is 4.74 Å². The Labute approximate surface area is 180 Å². The number of hydrogen-bond donors (Lipinski definition) is 2. The van der Waals surface area contributed by atoms with Crippen molar-refractivity contribution in [2.75, 3.05) is 13.7 Å². The van der Waals surface area contributed by atoms with Crippen LogP contribution in [0.3, 0.4) is 0 Å². The molecule has 0 bridgehead atoms. The van der Waals surface area contributed by atoms with Crippen molar-refractivity contribution >= 4 is 15.9 Å². The van der Waals surface area contributed by atoms with E-state index in [1.54, 1.807) is 37.4 Å².